The zero-order valence-corrected chi connectivity index (χ0v) is 7.59. The Kier molecular flexibility index (Phi) is 4.92. The van der Waals surface area contributed by atoms with Crippen LogP contribution in [0, 0.1) is 11.8 Å². The van der Waals surface area contributed by atoms with E-state index in [1.807, 2.05) is 0 Å². The monoisotopic (exact) mass is 157 g/mol. The summed E-state index contributed by atoms with van der Waals surface area (Å²) < 4.78 is 0. The third-order valence-corrected chi connectivity index (χ3v) is 2.18. The van der Waals surface area contributed by atoms with Crippen molar-refractivity contribution in [1.29, 1.82) is 0 Å². The molecule has 0 spiro atoms. The van der Waals surface area contributed by atoms with Gasteiger partial charge in [-0.3, -0.25) is 0 Å². The second kappa shape index (κ2) is 5.16. The maximum absolute atomic E-state index is 10.0. The highest BCUT2D eigenvalue weighted by molar-refractivity contribution is 5.66. The Morgan fingerprint density at radius 2 is 1.82 bits per heavy atom. The minimum absolute atomic E-state index is 0.205. The van der Waals surface area contributed by atoms with Gasteiger partial charge in [-0.1, -0.05) is 20.8 Å². The van der Waals surface area contributed by atoms with Gasteiger partial charge in [0, 0.05) is 0 Å². The second-order valence-electron chi connectivity index (χ2n) is 3.49. The van der Waals surface area contributed by atoms with Gasteiger partial charge in [0.15, 0.2) is 0 Å². The molecule has 0 aliphatic heterocycles. The predicted molar refractivity (Wildman–Crippen MR) is 43.5 cm³/mol. The quantitative estimate of drug-likeness (QED) is 0.603. The Morgan fingerprint density at radius 1 is 1.27 bits per heavy atom. The van der Waals surface area contributed by atoms with Crippen LogP contribution in [0.4, 0.5) is 0 Å². The minimum atomic E-state index is -0.930. The van der Waals surface area contributed by atoms with Crippen molar-refractivity contribution in [2.24, 2.45) is 11.8 Å². The fraction of sp³-hybridized carbons (Fsp3) is 0.889. The van der Waals surface area contributed by atoms with Gasteiger partial charge in [0.25, 0.3) is 0 Å². The van der Waals surface area contributed by atoms with Crippen LogP contribution in [0.2, 0.25) is 0 Å². The van der Waals surface area contributed by atoms with Gasteiger partial charge >= 0.3 is 5.97 Å². The summed E-state index contributed by atoms with van der Waals surface area (Å²) in [5.41, 5.74) is 0. The average molecular weight is 157 g/mol. The topological polar surface area (TPSA) is 37.0 Å². The lowest BCUT2D eigenvalue weighted by atomic mass is 9.93. The Balaban J connectivity index is 3.31. The zero-order chi connectivity index (χ0) is 8.85. The molecule has 2 nitrogen and oxygen atoms in total. The van der Waals surface area contributed by atoms with E-state index in [4.69, 9.17) is 0 Å². The van der Waals surface area contributed by atoms with Crippen LogP contribution >= 0.6 is 0 Å². The van der Waals surface area contributed by atoms with Gasteiger partial charge in [-0.25, -0.2) is 9.90 Å². The van der Waals surface area contributed by atoms with Crippen molar-refractivity contribution in [1.82, 2.24) is 0 Å². The first kappa shape index (κ1) is 10.5. The molecule has 0 bridgehead atoms. The van der Waals surface area contributed by atoms with Crippen molar-refractivity contribution >= 4 is 5.97 Å². The van der Waals surface area contributed by atoms with E-state index in [-0.39, 0.29) is 6.42 Å². The van der Waals surface area contributed by atoms with Crippen LogP contribution in [0.1, 0.15) is 40.0 Å². The lowest BCUT2D eigenvalue weighted by Gasteiger charge is -2.13. The molecule has 1 atom stereocenters. The average Bonchev–Trinajstić information content (AvgIpc) is 1.86. The normalized spacial score (nSPS) is 13.5. The van der Waals surface area contributed by atoms with Gasteiger partial charge in [-0.2, -0.15) is 0 Å². The Labute approximate surface area is 68.6 Å². The van der Waals surface area contributed by atoms with Crippen LogP contribution in [-0.4, -0.2) is 5.97 Å². The summed E-state index contributed by atoms with van der Waals surface area (Å²) in [6.45, 7) is 6.47. The number of hydrogen-bond acceptors (Lipinski definition) is 1. The maximum atomic E-state index is 10.0. The third-order valence-electron chi connectivity index (χ3n) is 2.18. The van der Waals surface area contributed by atoms with Gasteiger partial charge in [0.2, 0.25) is 0 Å². The van der Waals surface area contributed by atoms with E-state index in [1.165, 1.54) is 0 Å². The number of rotatable bonds is 5. The number of hydrogen-bond donors (Lipinski definition) is 0. The summed E-state index contributed by atoms with van der Waals surface area (Å²) >= 11 is 0. The summed E-state index contributed by atoms with van der Waals surface area (Å²) in [6, 6.07) is 0. The summed E-state index contributed by atoms with van der Waals surface area (Å²) in [4.78, 5) is 10.0. The van der Waals surface area contributed by atoms with E-state index in [9.17, 15) is 9.90 Å². The highest BCUT2D eigenvalue weighted by Gasteiger charge is 2.07. The van der Waals surface area contributed by atoms with E-state index in [2.05, 4.69) is 20.8 Å². The molecule has 11 heavy (non-hydrogen) atoms. The number of carbonyl (C=O) groups excluding carboxylic acids is 1. The summed E-state index contributed by atoms with van der Waals surface area (Å²) in [7, 11) is 0. The van der Waals surface area contributed by atoms with Crippen molar-refractivity contribution in [3.8, 4) is 0 Å². The number of carbonyl (C=O) groups is 1. The van der Waals surface area contributed by atoms with Gasteiger partial charge in [0.05, 0.1) is 6.42 Å². The van der Waals surface area contributed by atoms with Crippen LogP contribution in [0.3, 0.4) is 0 Å². The first-order valence-electron chi connectivity index (χ1n) is 4.24. The lowest BCUT2D eigenvalue weighted by molar-refractivity contribution is -0.143. The van der Waals surface area contributed by atoms with Gasteiger partial charge < -0.3 is 0 Å². The molecular formula is C9H17O2. The SMILES string of the molecule is CC(C)C(C)CCCC([O])=O. The van der Waals surface area contributed by atoms with E-state index in [1.54, 1.807) is 0 Å². The van der Waals surface area contributed by atoms with Gasteiger partial charge in [0.1, 0.15) is 0 Å². The summed E-state index contributed by atoms with van der Waals surface area (Å²) in [5.74, 6) is 0.340. The standard InChI is InChI=1S/C9H17O2/c1-7(2)8(3)5-4-6-9(10)11/h7-8H,4-6H2,1-3H3. The van der Waals surface area contributed by atoms with Crippen LogP contribution in [-0.2, 0) is 9.90 Å². The van der Waals surface area contributed by atoms with E-state index in [0.29, 0.717) is 11.8 Å². The Bertz CT molecular complexity index is 119. The first-order chi connectivity index (χ1) is 5.04. The van der Waals surface area contributed by atoms with Crippen LogP contribution in [0.25, 0.3) is 0 Å². The molecule has 0 fully saturated rings. The second-order valence-corrected chi connectivity index (χ2v) is 3.49. The fourth-order valence-corrected chi connectivity index (χ4v) is 0.902. The molecule has 1 radical (unpaired) electrons. The molecule has 0 heterocycles. The van der Waals surface area contributed by atoms with Crippen molar-refractivity contribution in [2.75, 3.05) is 0 Å². The Morgan fingerprint density at radius 3 is 2.18 bits per heavy atom. The smallest absolute Gasteiger partial charge is 0.247 e. The molecule has 0 aromatic heterocycles. The third kappa shape index (κ3) is 5.89. The maximum Gasteiger partial charge on any atom is 0.355 e. The lowest BCUT2D eigenvalue weighted by Crippen LogP contribution is -2.04. The van der Waals surface area contributed by atoms with Crippen molar-refractivity contribution < 1.29 is 9.90 Å². The zero-order valence-electron chi connectivity index (χ0n) is 7.59. The summed E-state index contributed by atoms with van der Waals surface area (Å²) in [5, 5.41) is 10.0. The van der Waals surface area contributed by atoms with Crippen LogP contribution < -0.4 is 0 Å². The molecule has 0 saturated heterocycles. The van der Waals surface area contributed by atoms with Gasteiger partial charge in [-0.15, -0.1) is 0 Å². The van der Waals surface area contributed by atoms with Crippen molar-refractivity contribution in [3.05, 3.63) is 0 Å². The molecule has 1 unspecified atom stereocenters. The highest BCUT2D eigenvalue weighted by atomic mass is 16.4. The highest BCUT2D eigenvalue weighted by Crippen LogP contribution is 2.16. The molecular weight excluding hydrogens is 140 g/mol. The molecule has 0 aromatic rings. The fourth-order valence-electron chi connectivity index (χ4n) is 0.902. The van der Waals surface area contributed by atoms with E-state index < -0.39 is 5.97 Å². The van der Waals surface area contributed by atoms with Crippen molar-refractivity contribution in [3.63, 3.8) is 0 Å². The molecule has 0 aliphatic rings. The molecule has 0 N–H and O–H groups in total. The van der Waals surface area contributed by atoms with Gasteiger partial charge in [-0.05, 0) is 24.7 Å². The molecule has 0 rings (SSSR count). The molecule has 0 saturated carbocycles. The molecule has 0 aromatic carbocycles. The van der Waals surface area contributed by atoms with Crippen LogP contribution in [0.15, 0.2) is 0 Å². The predicted octanol–water partition coefficient (Wildman–Crippen LogP) is 2.41. The Hall–Kier alpha value is -0.530. The first-order valence-corrected chi connectivity index (χ1v) is 4.24. The molecule has 2 heteroatoms. The van der Waals surface area contributed by atoms with E-state index >= 15 is 0 Å². The minimum Gasteiger partial charge on any atom is -0.247 e. The van der Waals surface area contributed by atoms with Crippen molar-refractivity contribution in [2.45, 2.75) is 40.0 Å². The molecule has 0 amide bonds. The van der Waals surface area contributed by atoms with E-state index in [0.717, 1.165) is 12.8 Å². The summed E-state index contributed by atoms with van der Waals surface area (Å²) in [6.07, 6.45) is 1.95. The van der Waals surface area contributed by atoms with Crippen LogP contribution in [0.5, 0.6) is 0 Å². The molecule has 0 aliphatic carbocycles. The largest absolute Gasteiger partial charge is 0.355 e. The molecule has 65 valence electrons.